The molecule has 2 aromatic carbocycles. The van der Waals surface area contributed by atoms with Gasteiger partial charge in [0, 0.05) is 44.4 Å². The molecule has 0 fully saturated rings. The zero-order chi connectivity index (χ0) is 20.7. The predicted octanol–water partition coefficient (Wildman–Crippen LogP) is 4.15. The Morgan fingerprint density at radius 2 is 1.64 bits per heavy atom. The molecule has 1 N–H and O–H groups in total. The summed E-state index contributed by atoms with van der Waals surface area (Å²) in [6.45, 7) is 10.4. The van der Waals surface area contributed by atoms with E-state index in [-0.39, 0.29) is 11.8 Å². The Hall–Kier alpha value is -2.66. The summed E-state index contributed by atoms with van der Waals surface area (Å²) in [5, 5.41) is 2.97. The van der Waals surface area contributed by atoms with Crippen molar-refractivity contribution < 1.29 is 9.59 Å². The van der Waals surface area contributed by atoms with Crippen molar-refractivity contribution in [3.8, 4) is 0 Å². The van der Waals surface area contributed by atoms with Crippen molar-refractivity contribution in [2.75, 3.05) is 18.9 Å². The highest BCUT2D eigenvalue weighted by Gasteiger charge is 2.12. The second kappa shape index (κ2) is 10.0. The summed E-state index contributed by atoms with van der Waals surface area (Å²) < 4.78 is 0. The number of nitrogens with zero attached hydrogens (tertiary/aromatic N) is 2. The molecule has 2 amide bonds. The highest BCUT2D eigenvalue weighted by molar-refractivity contribution is 6.04. The number of amides is 2. The van der Waals surface area contributed by atoms with Crippen LogP contribution in [0.25, 0.3) is 0 Å². The first kappa shape index (κ1) is 21.6. The Kier molecular flexibility index (Phi) is 7.76. The van der Waals surface area contributed by atoms with Gasteiger partial charge in [-0.15, -0.1) is 0 Å². The third kappa shape index (κ3) is 5.92. The summed E-state index contributed by atoms with van der Waals surface area (Å²) in [6.07, 6.45) is 0. The highest BCUT2D eigenvalue weighted by Crippen LogP contribution is 2.18. The van der Waals surface area contributed by atoms with Crippen LogP contribution in [-0.4, -0.2) is 41.2 Å². The first-order chi connectivity index (χ1) is 13.3. The van der Waals surface area contributed by atoms with Crippen LogP contribution < -0.4 is 5.32 Å². The summed E-state index contributed by atoms with van der Waals surface area (Å²) in [7, 11) is 1.75. The summed E-state index contributed by atoms with van der Waals surface area (Å²) >= 11 is 0. The van der Waals surface area contributed by atoms with Crippen LogP contribution in [0.3, 0.4) is 0 Å². The third-order valence-corrected chi connectivity index (χ3v) is 4.95. The monoisotopic (exact) mass is 381 g/mol. The Bertz CT molecular complexity index is 800. The number of hydrogen-bond donors (Lipinski definition) is 1. The second-order valence-electron chi connectivity index (χ2n) is 7.34. The maximum absolute atomic E-state index is 12.7. The van der Waals surface area contributed by atoms with Gasteiger partial charge in [-0.25, -0.2) is 0 Å². The number of carbonyl (C=O) groups excluding carboxylic acids is 2. The zero-order valence-corrected chi connectivity index (χ0v) is 17.5. The average Bonchev–Trinajstić information content (AvgIpc) is 2.67. The van der Waals surface area contributed by atoms with Crippen LogP contribution in [0, 0.1) is 0 Å². The molecule has 0 saturated carbocycles. The molecule has 0 aliphatic rings. The molecule has 5 heteroatoms. The number of para-hydroxylation sites is 1. The number of nitrogens with one attached hydrogen (secondary N) is 1. The number of carbonyl (C=O) groups is 2. The maximum Gasteiger partial charge on any atom is 0.255 e. The average molecular weight is 382 g/mol. The molecule has 2 rings (SSSR count). The van der Waals surface area contributed by atoms with Crippen LogP contribution >= 0.6 is 0 Å². The van der Waals surface area contributed by atoms with Crippen LogP contribution in [0.5, 0.6) is 0 Å². The van der Waals surface area contributed by atoms with Gasteiger partial charge >= 0.3 is 0 Å². The van der Waals surface area contributed by atoms with Crippen LogP contribution in [-0.2, 0) is 17.9 Å². The number of anilines is 1. The zero-order valence-electron chi connectivity index (χ0n) is 17.5. The second-order valence-corrected chi connectivity index (χ2v) is 7.34. The minimum absolute atomic E-state index is 0.0146. The van der Waals surface area contributed by atoms with Crippen molar-refractivity contribution in [3.63, 3.8) is 0 Å². The first-order valence-corrected chi connectivity index (χ1v) is 9.75. The number of rotatable bonds is 8. The van der Waals surface area contributed by atoms with Gasteiger partial charge < -0.3 is 10.2 Å². The molecule has 28 heavy (non-hydrogen) atoms. The van der Waals surface area contributed by atoms with Gasteiger partial charge in [-0.2, -0.15) is 0 Å². The molecule has 150 valence electrons. The van der Waals surface area contributed by atoms with Crippen molar-refractivity contribution in [2.45, 2.75) is 46.8 Å². The molecule has 0 aliphatic carbocycles. The van der Waals surface area contributed by atoms with Crippen LogP contribution in [0.4, 0.5) is 5.69 Å². The van der Waals surface area contributed by atoms with E-state index in [0.29, 0.717) is 18.2 Å². The Morgan fingerprint density at radius 1 is 1.00 bits per heavy atom. The highest BCUT2D eigenvalue weighted by atomic mass is 16.2. The lowest BCUT2D eigenvalue weighted by molar-refractivity contribution is -0.128. The lowest BCUT2D eigenvalue weighted by atomic mass is 10.1. The van der Waals surface area contributed by atoms with Crippen molar-refractivity contribution in [1.29, 1.82) is 0 Å². The first-order valence-electron chi connectivity index (χ1n) is 9.75. The van der Waals surface area contributed by atoms with Gasteiger partial charge in [0.2, 0.25) is 5.91 Å². The van der Waals surface area contributed by atoms with E-state index in [1.807, 2.05) is 48.5 Å². The molecule has 0 saturated heterocycles. The SMILES string of the molecule is CCN(Cc1ccc(C(=O)Nc2ccccc2CN(C)C(C)=O)cc1)C(C)C. The number of benzene rings is 2. The van der Waals surface area contributed by atoms with Gasteiger partial charge in [-0.3, -0.25) is 14.5 Å². The lowest BCUT2D eigenvalue weighted by Crippen LogP contribution is -2.29. The van der Waals surface area contributed by atoms with E-state index in [1.165, 1.54) is 12.5 Å². The largest absolute Gasteiger partial charge is 0.342 e. The normalized spacial score (nSPS) is 11.0. The van der Waals surface area contributed by atoms with E-state index in [9.17, 15) is 9.59 Å². The maximum atomic E-state index is 12.7. The van der Waals surface area contributed by atoms with Crippen LogP contribution in [0.15, 0.2) is 48.5 Å². The Balaban J connectivity index is 2.08. The van der Waals surface area contributed by atoms with Crippen LogP contribution in [0.1, 0.15) is 49.2 Å². The van der Waals surface area contributed by atoms with E-state index < -0.39 is 0 Å². The molecule has 0 aromatic heterocycles. The Labute approximate surface area is 168 Å². The van der Waals surface area contributed by atoms with Gasteiger partial charge in [0.05, 0.1) is 0 Å². The van der Waals surface area contributed by atoms with Crippen molar-refractivity contribution in [2.24, 2.45) is 0 Å². The van der Waals surface area contributed by atoms with Crippen molar-refractivity contribution in [1.82, 2.24) is 9.80 Å². The minimum atomic E-state index is -0.152. The van der Waals surface area contributed by atoms with Gasteiger partial charge in [0.15, 0.2) is 0 Å². The smallest absolute Gasteiger partial charge is 0.255 e. The fraction of sp³-hybridized carbons (Fsp3) is 0.391. The fourth-order valence-electron chi connectivity index (χ4n) is 3.00. The third-order valence-electron chi connectivity index (χ3n) is 4.95. The van der Waals surface area contributed by atoms with Gasteiger partial charge in [-0.1, -0.05) is 37.3 Å². The van der Waals surface area contributed by atoms with E-state index in [2.05, 4.69) is 31.0 Å². The molecule has 0 heterocycles. The van der Waals surface area contributed by atoms with E-state index in [0.717, 1.165) is 24.3 Å². The number of hydrogen-bond acceptors (Lipinski definition) is 3. The molecule has 2 aromatic rings. The fourth-order valence-corrected chi connectivity index (χ4v) is 3.00. The van der Waals surface area contributed by atoms with Gasteiger partial charge in [0.1, 0.15) is 0 Å². The topological polar surface area (TPSA) is 52.7 Å². The summed E-state index contributed by atoms with van der Waals surface area (Å²) in [5.41, 5.74) is 3.43. The van der Waals surface area contributed by atoms with E-state index in [1.54, 1.807) is 11.9 Å². The molecule has 0 aliphatic heterocycles. The summed E-state index contributed by atoms with van der Waals surface area (Å²) in [5.74, 6) is -0.167. The molecule has 0 radical (unpaired) electrons. The standard InChI is InChI=1S/C23H31N3O2/c1-6-26(17(2)3)15-19-11-13-20(14-12-19)23(28)24-22-10-8-7-9-21(22)16-25(5)18(4)27/h7-14,17H,6,15-16H2,1-5H3,(H,24,28). The molecule has 5 nitrogen and oxygen atoms in total. The molecule has 0 spiro atoms. The van der Waals surface area contributed by atoms with Crippen molar-refractivity contribution >= 4 is 17.5 Å². The van der Waals surface area contributed by atoms with Gasteiger partial charge in [-0.05, 0) is 49.7 Å². The Morgan fingerprint density at radius 3 is 2.21 bits per heavy atom. The van der Waals surface area contributed by atoms with Gasteiger partial charge in [0.25, 0.3) is 5.91 Å². The minimum Gasteiger partial charge on any atom is -0.342 e. The predicted molar refractivity (Wildman–Crippen MR) is 114 cm³/mol. The molecule has 0 unspecified atom stereocenters. The van der Waals surface area contributed by atoms with Crippen molar-refractivity contribution in [3.05, 3.63) is 65.2 Å². The molecule has 0 atom stereocenters. The quantitative estimate of drug-likeness (QED) is 0.747. The lowest BCUT2D eigenvalue weighted by Gasteiger charge is -2.24. The van der Waals surface area contributed by atoms with E-state index >= 15 is 0 Å². The van der Waals surface area contributed by atoms with Crippen LogP contribution in [0.2, 0.25) is 0 Å². The molecular formula is C23H31N3O2. The molecule has 0 bridgehead atoms. The molecular weight excluding hydrogens is 350 g/mol. The summed E-state index contributed by atoms with van der Waals surface area (Å²) in [4.78, 5) is 28.2. The summed E-state index contributed by atoms with van der Waals surface area (Å²) in [6, 6.07) is 15.8. The van der Waals surface area contributed by atoms with E-state index in [4.69, 9.17) is 0 Å².